The van der Waals surface area contributed by atoms with Gasteiger partial charge in [-0.2, -0.15) is 0 Å². The fourth-order valence-electron chi connectivity index (χ4n) is 2.59. The second kappa shape index (κ2) is 5.13. The van der Waals surface area contributed by atoms with Crippen molar-refractivity contribution in [3.05, 3.63) is 0 Å². The summed E-state index contributed by atoms with van der Waals surface area (Å²) in [5.41, 5.74) is 0. The van der Waals surface area contributed by atoms with Crippen LogP contribution in [0.3, 0.4) is 0 Å². The summed E-state index contributed by atoms with van der Waals surface area (Å²) in [6.07, 6.45) is 9.53. The van der Waals surface area contributed by atoms with Gasteiger partial charge in [0, 0.05) is 13.0 Å². The van der Waals surface area contributed by atoms with E-state index in [0.29, 0.717) is 6.10 Å². The third-order valence-electron chi connectivity index (χ3n) is 3.46. The molecule has 0 radical (unpaired) electrons. The number of hydrogen-bond acceptors (Lipinski definition) is 2. The molecule has 2 aliphatic rings. The Hall–Kier alpha value is -0.0800. The molecule has 1 aliphatic carbocycles. The van der Waals surface area contributed by atoms with E-state index in [-0.39, 0.29) is 6.29 Å². The summed E-state index contributed by atoms with van der Waals surface area (Å²) in [6.45, 7) is 3.07. The van der Waals surface area contributed by atoms with Crippen LogP contribution in [-0.2, 0) is 9.47 Å². The minimum Gasteiger partial charge on any atom is -0.353 e. The van der Waals surface area contributed by atoms with Crippen molar-refractivity contribution in [1.82, 2.24) is 0 Å². The zero-order valence-electron chi connectivity index (χ0n) is 9.21. The molecule has 0 aromatic rings. The van der Waals surface area contributed by atoms with Crippen molar-refractivity contribution in [2.75, 3.05) is 6.61 Å². The second-order valence-corrected chi connectivity index (χ2v) is 4.61. The minimum atomic E-state index is 0.120. The highest BCUT2D eigenvalue weighted by atomic mass is 16.7. The molecular weight excluding hydrogens is 176 g/mol. The van der Waals surface area contributed by atoms with Crippen molar-refractivity contribution < 1.29 is 9.47 Å². The van der Waals surface area contributed by atoms with E-state index < -0.39 is 0 Å². The number of rotatable bonds is 4. The van der Waals surface area contributed by atoms with E-state index in [1.54, 1.807) is 0 Å². The van der Waals surface area contributed by atoms with Gasteiger partial charge >= 0.3 is 0 Å². The van der Waals surface area contributed by atoms with E-state index in [4.69, 9.17) is 9.47 Å². The third-order valence-corrected chi connectivity index (χ3v) is 3.46. The molecule has 2 nitrogen and oxygen atoms in total. The summed E-state index contributed by atoms with van der Waals surface area (Å²) in [5, 5.41) is 0. The molecule has 0 amide bonds. The topological polar surface area (TPSA) is 18.5 Å². The van der Waals surface area contributed by atoms with Gasteiger partial charge in [-0.15, -0.1) is 0 Å². The smallest absolute Gasteiger partial charge is 0.158 e. The van der Waals surface area contributed by atoms with E-state index in [1.807, 2.05) is 0 Å². The van der Waals surface area contributed by atoms with Gasteiger partial charge in [0.05, 0.1) is 6.10 Å². The summed E-state index contributed by atoms with van der Waals surface area (Å²) in [6, 6.07) is 0. The van der Waals surface area contributed by atoms with Gasteiger partial charge in [0.25, 0.3) is 0 Å². The lowest BCUT2D eigenvalue weighted by Crippen LogP contribution is -2.20. The lowest BCUT2D eigenvalue weighted by Gasteiger charge is -2.22. The van der Waals surface area contributed by atoms with E-state index in [2.05, 4.69) is 6.92 Å². The highest BCUT2D eigenvalue weighted by Gasteiger charge is 2.36. The van der Waals surface area contributed by atoms with Gasteiger partial charge in [-0.25, -0.2) is 0 Å². The molecule has 1 heterocycles. The molecule has 2 heteroatoms. The van der Waals surface area contributed by atoms with Crippen molar-refractivity contribution in [2.45, 2.75) is 64.3 Å². The predicted molar refractivity (Wildman–Crippen MR) is 56.1 cm³/mol. The maximum Gasteiger partial charge on any atom is 0.158 e. The Balaban J connectivity index is 1.70. The van der Waals surface area contributed by atoms with Crippen LogP contribution in [0.2, 0.25) is 0 Å². The molecule has 1 aliphatic heterocycles. The number of unbranched alkanes of at least 4 members (excludes halogenated alkanes) is 1. The Labute approximate surface area is 87.0 Å². The zero-order valence-corrected chi connectivity index (χ0v) is 9.21. The Morgan fingerprint density at radius 3 is 2.93 bits per heavy atom. The Morgan fingerprint density at radius 1 is 1.29 bits per heavy atom. The Morgan fingerprint density at radius 2 is 2.14 bits per heavy atom. The van der Waals surface area contributed by atoms with Crippen LogP contribution in [0.5, 0.6) is 0 Å². The molecule has 82 valence electrons. The van der Waals surface area contributed by atoms with E-state index in [1.165, 1.54) is 32.1 Å². The fourth-order valence-corrected chi connectivity index (χ4v) is 2.59. The molecule has 3 atom stereocenters. The zero-order chi connectivity index (χ0) is 9.80. The molecule has 1 saturated carbocycles. The average molecular weight is 198 g/mol. The molecule has 0 aromatic carbocycles. The molecule has 2 rings (SSSR count). The number of fused-ring (bicyclic) bond motifs is 1. The van der Waals surface area contributed by atoms with Crippen molar-refractivity contribution in [1.29, 1.82) is 0 Å². The molecule has 2 fully saturated rings. The summed E-state index contributed by atoms with van der Waals surface area (Å²) < 4.78 is 11.6. The molecule has 1 unspecified atom stereocenters. The van der Waals surface area contributed by atoms with Gasteiger partial charge in [0.15, 0.2) is 6.29 Å². The van der Waals surface area contributed by atoms with Crippen molar-refractivity contribution in [3.63, 3.8) is 0 Å². The Kier molecular flexibility index (Phi) is 3.82. The second-order valence-electron chi connectivity index (χ2n) is 4.61. The van der Waals surface area contributed by atoms with Crippen LogP contribution < -0.4 is 0 Å². The van der Waals surface area contributed by atoms with E-state index in [9.17, 15) is 0 Å². The Bertz CT molecular complexity index is 156. The number of hydrogen-bond donors (Lipinski definition) is 0. The maximum absolute atomic E-state index is 5.89. The lowest BCUT2D eigenvalue weighted by molar-refractivity contribution is -0.137. The van der Waals surface area contributed by atoms with Crippen LogP contribution in [0.25, 0.3) is 0 Å². The molecule has 0 N–H and O–H groups in total. The van der Waals surface area contributed by atoms with Crippen LogP contribution in [0.4, 0.5) is 0 Å². The minimum absolute atomic E-state index is 0.120. The van der Waals surface area contributed by atoms with Gasteiger partial charge in [-0.05, 0) is 25.2 Å². The summed E-state index contributed by atoms with van der Waals surface area (Å²) in [4.78, 5) is 0. The highest BCUT2D eigenvalue weighted by molar-refractivity contribution is 4.82. The highest BCUT2D eigenvalue weighted by Crippen LogP contribution is 2.37. The average Bonchev–Trinajstić information content (AvgIpc) is 2.60. The third kappa shape index (κ3) is 2.48. The lowest BCUT2D eigenvalue weighted by atomic mass is 9.86. The first-order valence-corrected chi connectivity index (χ1v) is 6.17. The van der Waals surface area contributed by atoms with Gasteiger partial charge in [-0.3, -0.25) is 0 Å². The normalized spacial score (nSPS) is 37.1. The monoisotopic (exact) mass is 198 g/mol. The van der Waals surface area contributed by atoms with E-state index in [0.717, 1.165) is 25.4 Å². The SMILES string of the molecule is CCCCOC1C[C@H]2CCCC[C@@H]2O1. The standard InChI is InChI=1S/C12H22O2/c1-2-3-8-13-12-9-10-6-4-5-7-11(10)14-12/h10-12H,2-9H2,1H3/t10-,11+,12?/m1/s1. The summed E-state index contributed by atoms with van der Waals surface area (Å²) in [7, 11) is 0. The van der Waals surface area contributed by atoms with Crippen LogP contribution in [0, 0.1) is 5.92 Å². The van der Waals surface area contributed by atoms with Gasteiger partial charge in [0.1, 0.15) is 0 Å². The van der Waals surface area contributed by atoms with Crippen LogP contribution in [0.1, 0.15) is 51.9 Å². The first-order chi connectivity index (χ1) is 6.90. The largest absolute Gasteiger partial charge is 0.353 e. The van der Waals surface area contributed by atoms with Crippen molar-refractivity contribution in [3.8, 4) is 0 Å². The molecule has 0 aromatic heterocycles. The molecule has 0 spiro atoms. The van der Waals surface area contributed by atoms with Crippen molar-refractivity contribution >= 4 is 0 Å². The summed E-state index contributed by atoms with van der Waals surface area (Å²) in [5.74, 6) is 0.801. The molecule has 14 heavy (non-hydrogen) atoms. The maximum atomic E-state index is 5.89. The predicted octanol–water partition coefficient (Wildman–Crippen LogP) is 3.11. The molecule has 0 bridgehead atoms. The fraction of sp³-hybridized carbons (Fsp3) is 1.00. The van der Waals surface area contributed by atoms with Crippen LogP contribution in [-0.4, -0.2) is 19.0 Å². The van der Waals surface area contributed by atoms with Gasteiger partial charge < -0.3 is 9.47 Å². The van der Waals surface area contributed by atoms with E-state index >= 15 is 0 Å². The first-order valence-electron chi connectivity index (χ1n) is 6.17. The molecular formula is C12H22O2. The summed E-state index contributed by atoms with van der Waals surface area (Å²) >= 11 is 0. The number of ether oxygens (including phenoxy) is 2. The first kappa shape index (κ1) is 10.4. The van der Waals surface area contributed by atoms with Crippen molar-refractivity contribution in [2.24, 2.45) is 5.92 Å². The van der Waals surface area contributed by atoms with Crippen LogP contribution in [0.15, 0.2) is 0 Å². The molecule has 1 saturated heterocycles. The van der Waals surface area contributed by atoms with Crippen LogP contribution >= 0.6 is 0 Å². The van der Waals surface area contributed by atoms with Gasteiger partial charge in [-0.1, -0.05) is 26.2 Å². The van der Waals surface area contributed by atoms with Gasteiger partial charge in [0.2, 0.25) is 0 Å². The quantitative estimate of drug-likeness (QED) is 0.646.